The summed E-state index contributed by atoms with van der Waals surface area (Å²) in [5.74, 6) is -1.10. The maximum Gasteiger partial charge on any atom is 0.254 e. The number of rotatable bonds is 6. The number of ether oxygens (including phenoxy) is 1. The number of aromatic nitrogens is 1. The SMILES string of the molecule is C/C(Oc1ccc(C2(C#N)CC2)c(F)n1)=C(\C)C(=O)Nc1cccc(S(C)(=O)=O)c1. The first-order valence-electron chi connectivity index (χ1n) is 9.11. The molecular formula is C21H20FN3O4S. The average molecular weight is 429 g/mol. The lowest BCUT2D eigenvalue weighted by Crippen LogP contribution is -2.16. The monoisotopic (exact) mass is 429 g/mol. The van der Waals surface area contributed by atoms with E-state index < -0.39 is 27.1 Å². The van der Waals surface area contributed by atoms with E-state index in [1.54, 1.807) is 6.07 Å². The van der Waals surface area contributed by atoms with Gasteiger partial charge in [-0.3, -0.25) is 4.79 Å². The topological polar surface area (TPSA) is 109 Å². The average Bonchev–Trinajstić information content (AvgIpc) is 3.48. The van der Waals surface area contributed by atoms with Crippen LogP contribution >= 0.6 is 0 Å². The van der Waals surface area contributed by atoms with E-state index in [4.69, 9.17) is 4.74 Å². The van der Waals surface area contributed by atoms with Crippen LogP contribution in [0.15, 0.2) is 52.6 Å². The van der Waals surface area contributed by atoms with Gasteiger partial charge in [0.05, 0.1) is 22.0 Å². The number of hydrogen-bond acceptors (Lipinski definition) is 6. The molecule has 2 aromatic rings. The number of carbonyl (C=O) groups excluding carboxylic acids is 1. The lowest BCUT2D eigenvalue weighted by atomic mass is 9.99. The molecule has 1 aliphatic rings. The van der Waals surface area contributed by atoms with Gasteiger partial charge in [-0.05, 0) is 51.0 Å². The molecule has 1 amide bonds. The first-order chi connectivity index (χ1) is 14.1. The summed E-state index contributed by atoms with van der Waals surface area (Å²) in [4.78, 5) is 16.3. The van der Waals surface area contributed by atoms with Crippen LogP contribution in [0.3, 0.4) is 0 Å². The summed E-state index contributed by atoms with van der Waals surface area (Å²) in [6, 6.07) is 10.9. The van der Waals surface area contributed by atoms with Gasteiger partial charge < -0.3 is 10.1 Å². The molecule has 7 nitrogen and oxygen atoms in total. The van der Waals surface area contributed by atoms with Gasteiger partial charge in [-0.15, -0.1) is 0 Å². The van der Waals surface area contributed by atoms with E-state index >= 15 is 0 Å². The maximum atomic E-state index is 14.3. The van der Waals surface area contributed by atoms with Crippen molar-refractivity contribution in [3.63, 3.8) is 0 Å². The third-order valence-corrected chi connectivity index (χ3v) is 6.06. The number of nitriles is 1. The molecule has 0 unspecified atom stereocenters. The minimum absolute atomic E-state index is 0.0336. The normalized spacial score (nSPS) is 15.6. The number of hydrogen-bond donors (Lipinski definition) is 1. The molecule has 1 aliphatic carbocycles. The Morgan fingerprint density at radius 3 is 2.53 bits per heavy atom. The number of pyridine rings is 1. The molecule has 0 spiro atoms. The fourth-order valence-corrected chi connectivity index (χ4v) is 3.49. The molecule has 3 rings (SSSR count). The van der Waals surface area contributed by atoms with Gasteiger partial charge >= 0.3 is 0 Å². The Hall–Kier alpha value is -3.25. The van der Waals surface area contributed by atoms with E-state index in [2.05, 4.69) is 16.4 Å². The number of nitrogens with one attached hydrogen (secondary N) is 1. The zero-order chi connectivity index (χ0) is 22.1. The van der Waals surface area contributed by atoms with Gasteiger partial charge in [0.15, 0.2) is 9.84 Å². The molecular weight excluding hydrogens is 409 g/mol. The van der Waals surface area contributed by atoms with E-state index in [0.29, 0.717) is 18.5 Å². The number of amides is 1. The Balaban J connectivity index is 1.75. The zero-order valence-electron chi connectivity index (χ0n) is 16.7. The summed E-state index contributed by atoms with van der Waals surface area (Å²) < 4.78 is 43.1. The Kier molecular flexibility index (Phi) is 5.63. The molecule has 0 atom stereocenters. The molecule has 1 aromatic heterocycles. The zero-order valence-corrected chi connectivity index (χ0v) is 17.5. The molecule has 9 heteroatoms. The highest BCUT2D eigenvalue weighted by Crippen LogP contribution is 2.48. The second-order valence-electron chi connectivity index (χ2n) is 7.22. The summed E-state index contributed by atoms with van der Waals surface area (Å²) >= 11 is 0. The van der Waals surface area contributed by atoms with Gasteiger partial charge in [-0.1, -0.05) is 6.07 Å². The molecule has 0 bridgehead atoms. The van der Waals surface area contributed by atoms with Gasteiger partial charge in [0.25, 0.3) is 5.91 Å². The maximum absolute atomic E-state index is 14.3. The van der Waals surface area contributed by atoms with Crippen molar-refractivity contribution in [3.8, 4) is 11.9 Å². The van der Waals surface area contributed by atoms with Crippen LogP contribution in [0.1, 0.15) is 32.3 Å². The molecule has 1 heterocycles. The molecule has 156 valence electrons. The van der Waals surface area contributed by atoms with Crippen LogP contribution in [0.25, 0.3) is 0 Å². The summed E-state index contributed by atoms with van der Waals surface area (Å²) in [5.41, 5.74) is -0.0210. The summed E-state index contributed by atoms with van der Waals surface area (Å²) in [6.07, 6.45) is 2.28. The first-order valence-corrected chi connectivity index (χ1v) is 11.0. The second-order valence-corrected chi connectivity index (χ2v) is 9.23. The van der Waals surface area contributed by atoms with E-state index in [-0.39, 0.29) is 27.7 Å². The van der Waals surface area contributed by atoms with Gasteiger partial charge in [-0.2, -0.15) is 14.6 Å². The van der Waals surface area contributed by atoms with Crippen LogP contribution in [0.4, 0.5) is 10.1 Å². The van der Waals surface area contributed by atoms with Crippen LogP contribution < -0.4 is 10.1 Å². The number of carbonyl (C=O) groups is 1. The Morgan fingerprint density at radius 2 is 1.97 bits per heavy atom. The highest BCUT2D eigenvalue weighted by molar-refractivity contribution is 7.90. The molecule has 0 saturated heterocycles. The third kappa shape index (κ3) is 4.49. The molecule has 30 heavy (non-hydrogen) atoms. The minimum Gasteiger partial charge on any atom is -0.443 e. The molecule has 1 fully saturated rings. The minimum atomic E-state index is -3.41. The van der Waals surface area contributed by atoms with Gasteiger partial charge in [0, 0.05) is 23.6 Å². The summed E-state index contributed by atoms with van der Waals surface area (Å²) in [6.45, 7) is 3.05. The molecule has 0 radical (unpaired) electrons. The fourth-order valence-electron chi connectivity index (χ4n) is 2.82. The smallest absolute Gasteiger partial charge is 0.254 e. The van der Waals surface area contributed by atoms with Crippen LogP contribution in [0, 0.1) is 17.3 Å². The number of nitrogens with zero attached hydrogens (tertiary/aromatic N) is 2. The predicted molar refractivity (Wildman–Crippen MR) is 108 cm³/mol. The standard InChI is InChI=1S/C21H20FN3O4S/c1-13(20(26)24-15-5-4-6-16(11-15)30(3,27)28)14(2)29-18-8-7-17(19(22)25-18)21(12-23)9-10-21/h4-8,11H,9-10H2,1-3H3,(H,24,26)/b14-13-. The summed E-state index contributed by atoms with van der Waals surface area (Å²) in [5, 5.41) is 11.8. The van der Waals surface area contributed by atoms with Crippen molar-refractivity contribution in [3.05, 3.63) is 59.2 Å². The number of sulfone groups is 1. The largest absolute Gasteiger partial charge is 0.443 e. The lowest BCUT2D eigenvalue weighted by Gasteiger charge is -2.12. The number of benzene rings is 1. The molecule has 0 aliphatic heterocycles. The number of halogens is 1. The van der Waals surface area contributed by atoms with Crippen LogP contribution in [-0.4, -0.2) is 25.6 Å². The quantitative estimate of drug-likeness (QED) is 0.428. The number of anilines is 1. The van der Waals surface area contributed by atoms with Crippen molar-refractivity contribution >= 4 is 21.4 Å². The highest BCUT2D eigenvalue weighted by atomic mass is 32.2. The Bertz CT molecular complexity index is 1190. The van der Waals surface area contributed by atoms with Crippen molar-refractivity contribution in [1.29, 1.82) is 5.26 Å². The van der Waals surface area contributed by atoms with Crippen LogP contribution in [0.5, 0.6) is 5.88 Å². The van der Waals surface area contributed by atoms with E-state index in [0.717, 1.165) is 6.26 Å². The Morgan fingerprint density at radius 1 is 1.27 bits per heavy atom. The second kappa shape index (κ2) is 7.88. The van der Waals surface area contributed by atoms with Crippen LogP contribution in [0.2, 0.25) is 0 Å². The molecule has 1 N–H and O–H groups in total. The van der Waals surface area contributed by atoms with Crippen LogP contribution in [-0.2, 0) is 20.0 Å². The highest BCUT2D eigenvalue weighted by Gasteiger charge is 2.47. The van der Waals surface area contributed by atoms with E-state index in [1.807, 2.05) is 0 Å². The molecule has 1 saturated carbocycles. The Labute approximate surface area is 174 Å². The van der Waals surface area contributed by atoms with E-state index in [1.165, 1.54) is 44.2 Å². The first kappa shape index (κ1) is 21.5. The predicted octanol–water partition coefficient (Wildman–Crippen LogP) is 3.49. The number of allylic oxidation sites excluding steroid dienone is 1. The lowest BCUT2D eigenvalue weighted by molar-refractivity contribution is -0.113. The fraction of sp³-hybridized carbons (Fsp3) is 0.286. The van der Waals surface area contributed by atoms with Crippen molar-refractivity contribution < 1.29 is 22.3 Å². The van der Waals surface area contributed by atoms with Gasteiger partial charge in [0.1, 0.15) is 5.76 Å². The van der Waals surface area contributed by atoms with Crippen molar-refractivity contribution in [1.82, 2.24) is 4.98 Å². The van der Waals surface area contributed by atoms with E-state index in [9.17, 15) is 22.9 Å². The van der Waals surface area contributed by atoms with Gasteiger partial charge in [-0.25, -0.2) is 8.42 Å². The van der Waals surface area contributed by atoms with Crippen molar-refractivity contribution in [2.45, 2.75) is 37.0 Å². The molecule has 1 aromatic carbocycles. The van der Waals surface area contributed by atoms with Gasteiger partial charge in [0.2, 0.25) is 11.8 Å². The summed E-state index contributed by atoms with van der Waals surface area (Å²) in [7, 11) is -3.41. The third-order valence-electron chi connectivity index (χ3n) is 4.95. The van der Waals surface area contributed by atoms with Crippen molar-refractivity contribution in [2.24, 2.45) is 0 Å². The van der Waals surface area contributed by atoms with Crippen molar-refractivity contribution in [2.75, 3.05) is 11.6 Å².